The summed E-state index contributed by atoms with van der Waals surface area (Å²) in [6.45, 7) is 5.32. The summed E-state index contributed by atoms with van der Waals surface area (Å²) in [6.07, 6.45) is 2.46. The molecule has 1 aromatic heterocycles. The van der Waals surface area contributed by atoms with Crippen molar-refractivity contribution in [1.29, 1.82) is 0 Å². The van der Waals surface area contributed by atoms with Crippen LogP contribution in [-0.4, -0.2) is 34.1 Å². The predicted molar refractivity (Wildman–Crippen MR) is 63.9 cm³/mol. The minimum Gasteiger partial charge on any atom is -0.481 e. The molecule has 0 spiro atoms. The van der Waals surface area contributed by atoms with Gasteiger partial charge in [0.25, 0.3) is 0 Å². The van der Waals surface area contributed by atoms with Gasteiger partial charge in [0.1, 0.15) is 11.6 Å². The quantitative estimate of drug-likeness (QED) is 0.837. The van der Waals surface area contributed by atoms with Crippen molar-refractivity contribution in [3.8, 4) is 0 Å². The monoisotopic (exact) mass is 235 g/mol. The molecule has 5 nitrogen and oxygen atoms in total. The highest BCUT2D eigenvalue weighted by Crippen LogP contribution is 2.25. The number of carbonyl (C=O) groups is 1. The Morgan fingerprint density at radius 2 is 2.29 bits per heavy atom. The maximum Gasteiger partial charge on any atom is 0.308 e. The van der Waals surface area contributed by atoms with E-state index in [0.29, 0.717) is 18.3 Å². The van der Waals surface area contributed by atoms with Crippen molar-refractivity contribution >= 4 is 11.8 Å². The maximum atomic E-state index is 11.1. The number of aryl methyl sites for hydroxylation is 1. The molecule has 2 rings (SSSR count). The van der Waals surface area contributed by atoms with Gasteiger partial charge in [0.2, 0.25) is 0 Å². The third kappa shape index (κ3) is 2.72. The first-order valence-corrected chi connectivity index (χ1v) is 5.83. The van der Waals surface area contributed by atoms with Gasteiger partial charge in [-0.3, -0.25) is 4.79 Å². The molecule has 5 heteroatoms. The molecule has 92 valence electrons. The van der Waals surface area contributed by atoms with Gasteiger partial charge in [-0.2, -0.15) is 0 Å². The van der Waals surface area contributed by atoms with Crippen LogP contribution in [-0.2, 0) is 4.79 Å². The largest absolute Gasteiger partial charge is 0.481 e. The van der Waals surface area contributed by atoms with Gasteiger partial charge in [-0.1, -0.05) is 6.92 Å². The summed E-state index contributed by atoms with van der Waals surface area (Å²) in [6, 6.07) is 1.84. The molecule has 0 aliphatic carbocycles. The molecular weight excluding hydrogens is 218 g/mol. The van der Waals surface area contributed by atoms with Crippen molar-refractivity contribution in [2.45, 2.75) is 20.3 Å². The highest BCUT2D eigenvalue weighted by Gasteiger charge is 2.30. The SMILES string of the molecule is Cc1nccc(N2CC(C)CC(C(=O)O)C2)n1. The molecule has 0 saturated carbocycles. The van der Waals surface area contributed by atoms with Crippen LogP contribution in [0.5, 0.6) is 0 Å². The fourth-order valence-corrected chi connectivity index (χ4v) is 2.34. The Bertz CT molecular complexity index is 422. The highest BCUT2D eigenvalue weighted by atomic mass is 16.4. The van der Waals surface area contributed by atoms with Gasteiger partial charge in [0.05, 0.1) is 5.92 Å². The van der Waals surface area contributed by atoms with Crippen LogP contribution < -0.4 is 4.90 Å². The standard InChI is InChI=1S/C12H17N3O2/c1-8-5-10(12(16)17)7-15(6-8)11-3-4-13-9(2)14-11/h3-4,8,10H,5-7H2,1-2H3,(H,16,17). The number of aromatic nitrogens is 2. The van der Waals surface area contributed by atoms with Gasteiger partial charge >= 0.3 is 5.97 Å². The van der Waals surface area contributed by atoms with E-state index in [1.165, 1.54) is 0 Å². The summed E-state index contributed by atoms with van der Waals surface area (Å²) < 4.78 is 0. The minimum atomic E-state index is -0.715. The average Bonchev–Trinajstić information content (AvgIpc) is 2.28. The van der Waals surface area contributed by atoms with Crippen molar-refractivity contribution in [3.05, 3.63) is 18.1 Å². The number of piperidine rings is 1. The number of rotatable bonds is 2. The van der Waals surface area contributed by atoms with E-state index < -0.39 is 5.97 Å². The van der Waals surface area contributed by atoms with E-state index in [2.05, 4.69) is 16.9 Å². The van der Waals surface area contributed by atoms with Crippen LogP contribution in [0.3, 0.4) is 0 Å². The smallest absolute Gasteiger partial charge is 0.308 e. The molecule has 0 radical (unpaired) electrons. The van der Waals surface area contributed by atoms with Crippen LogP contribution in [0.1, 0.15) is 19.2 Å². The summed E-state index contributed by atoms with van der Waals surface area (Å²) in [4.78, 5) is 21.5. The van der Waals surface area contributed by atoms with Crippen LogP contribution in [0.15, 0.2) is 12.3 Å². The molecule has 0 amide bonds. The molecule has 2 atom stereocenters. The Morgan fingerprint density at radius 3 is 2.94 bits per heavy atom. The first kappa shape index (κ1) is 11.8. The zero-order valence-corrected chi connectivity index (χ0v) is 10.1. The van der Waals surface area contributed by atoms with Gasteiger partial charge in [-0.05, 0) is 25.3 Å². The molecule has 2 heterocycles. The normalized spacial score (nSPS) is 24.7. The second-order valence-electron chi connectivity index (χ2n) is 4.74. The van der Waals surface area contributed by atoms with Crippen LogP contribution in [0.25, 0.3) is 0 Å². The molecule has 1 fully saturated rings. The first-order chi connectivity index (χ1) is 8.06. The van der Waals surface area contributed by atoms with E-state index in [4.69, 9.17) is 5.11 Å². The van der Waals surface area contributed by atoms with Gasteiger partial charge in [-0.15, -0.1) is 0 Å². The summed E-state index contributed by atoms with van der Waals surface area (Å²) in [5.74, 6) is 0.907. The Labute approximate surface area is 100 Å². The summed E-state index contributed by atoms with van der Waals surface area (Å²) in [7, 11) is 0. The Morgan fingerprint density at radius 1 is 1.53 bits per heavy atom. The van der Waals surface area contributed by atoms with Crippen LogP contribution >= 0.6 is 0 Å². The lowest BCUT2D eigenvalue weighted by Crippen LogP contribution is -2.43. The molecule has 0 bridgehead atoms. The topological polar surface area (TPSA) is 66.3 Å². The number of anilines is 1. The van der Waals surface area contributed by atoms with E-state index in [1.54, 1.807) is 6.20 Å². The van der Waals surface area contributed by atoms with E-state index in [9.17, 15) is 4.79 Å². The molecular formula is C12H17N3O2. The average molecular weight is 235 g/mol. The van der Waals surface area contributed by atoms with Crippen molar-refractivity contribution in [3.63, 3.8) is 0 Å². The lowest BCUT2D eigenvalue weighted by molar-refractivity contribution is -0.142. The van der Waals surface area contributed by atoms with Gasteiger partial charge in [-0.25, -0.2) is 9.97 Å². The highest BCUT2D eigenvalue weighted by molar-refractivity contribution is 5.71. The molecule has 1 aromatic rings. The minimum absolute atomic E-state index is 0.297. The van der Waals surface area contributed by atoms with E-state index in [1.807, 2.05) is 17.9 Å². The number of hydrogen-bond donors (Lipinski definition) is 1. The van der Waals surface area contributed by atoms with Gasteiger partial charge in [0, 0.05) is 19.3 Å². The molecule has 1 saturated heterocycles. The third-order valence-corrected chi connectivity index (χ3v) is 3.09. The van der Waals surface area contributed by atoms with Crippen LogP contribution in [0, 0.1) is 18.8 Å². The lowest BCUT2D eigenvalue weighted by Gasteiger charge is -2.35. The molecule has 0 aromatic carbocycles. The fourth-order valence-electron chi connectivity index (χ4n) is 2.34. The van der Waals surface area contributed by atoms with Gasteiger partial charge < -0.3 is 10.0 Å². The maximum absolute atomic E-state index is 11.1. The van der Waals surface area contributed by atoms with Crippen molar-refractivity contribution in [2.75, 3.05) is 18.0 Å². The zero-order valence-electron chi connectivity index (χ0n) is 10.1. The van der Waals surface area contributed by atoms with E-state index in [0.717, 1.165) is 18.8 Å². The molecule has 1 N–H and O–H groups in total. The molecule has 1 aliphatic heterocycles. The number of hydrogen-bond acceptors (Lipinski definition) is 4. The zero-order chi connectivity index (χ0) is 12.4. The Balaban J connectivity index is 2.18. The van der Waals surface area contributed by atoms with E-state index in [-0.39, 0.29) is 5.92 Å². The van der Waals surface area contributed by atoms with Gasteiger partial charge in [0.15, 0.2) is 0 Å². The predicted octanol–water partition coefficient (Wildman–Crippen LogP) is 1.33. The fraction of sp³-hybridized carbons (Fsp3) is 0.583. The first-order valence-electron chi connectivity index (χ1n) is 5.83. The molecule has 17 heavy (non-hydrogen) atoms. The number of carboxylic acid groups (broad SMARTS) is 1. The number of nitrogens with zero attached hydrogens (tertiary/aromatic N) is 3. The second-order valence-corrected chi connectivity index (χ2v) is 4.74. The number of aliphatic carboxylic acids is 1. The van der Waals surface area contributed by atoms with Crippen LogP contribution in [0.2, 0.25) is 0 Å². The molecule has 1 aliphatic rings. The van der Waals surface area contributed by atoms with Crippen molar-refractivity contribution < 1.29 is 9.90 Å². The summed E-state index contributed by atoms with van der Waals surface area (Å²) >= 11 is 0. The van der Waals surface area contributed by atoms with Crippen LogP contribution in [0.4, 0.5) is 5.82 Å². The Hall–Kier alpha value is -1.65. The summed E-state index contributed by atoms with van der Waals surface area (Å²) in [5, 5.41) is 9.12. The van der Waals surface area contributed by atoms with Crippen molar-refractivity contribution in [2.24, 2.45) is 11.8 Å². The summed E-state index contributed by atoms with van der Waals surface area (Å²) in [5.41, 5.74) is 0. The Kier molecular flexibility index (Phi) is 3.26. The van der Waals surface area contributed by atoms with E-state index >= 15 is 0 Å². The van der Waals surface area contributed by atoms with Crippen molar-refractivity contribution in [1.82, 2.24) is 9.97 Å². The second kappa shape index (κ2) is 4.69. The lowest BCUT2D eigenvalue weighted by atomic mass is 9.90. The third-order valence-electron chi connectivity index (χ3n) is 3.09. The number of carboxylic acids is 1. The molecule has 2 unspecified atom stereocenters.